The monoisotopic (exact) mass is 269 g/mol. The van der Waals surface area contributed by atoms with Gasteiger partial charge in [-0.1, -0.05) is 24.3 Å². The van der Waals surface area contributed by atoms with E-state index in [0.717, 1.165) is 24.4 Å². The number of rotatable bonds is 4. The molecule has 1 heterocycles. The zero-order chi connectivity index (χ0) is 14.6. The van der Waals surface area contributed by atoms with Crippen molar-refractivity contribution >= 4 is 0 Å². The summed E-state index contributed by atoms with van der Waals surface area (Å²) in [5.74, 6) is 0.874. The Kier molecular flexibility index (Phi) is 4.50. The molecule has 0 amide bonds. The molecule has 2 aromatic rings. The van der Waals surface area contributed by atoms with Crippen LogP contribution in [0.4, 0.5) is 0 Å². The number of nitrogens with zero attached hydrogens (tertiary/aromatic N) is 2. The van der Waals surface area contributed by atoms with E-state index < -0.39 is 0 Å². The number of aryl methyl sites for hydroxylation is 1. The van der Waals surface area contributed by atoms with Crippen LogP contribution in [0.15, 0.2) is 36.7 Å². The first-order valence-electron chi connectivity index (χ1n) is 7.03. The molecule has 0 saturated carbocycles. The van der Waals surface area contributed by atoms with Crippen LogP contribution in [0.3, 0.4) is 0 Å². The topological polar surface area (TPSA) is 37.8 Å². The van der Waals surface area contributed by atoms with Gasteiger partial charge in [-0.15, -0.1) is 0 Å². The van der Waals surface area contributed by atoms with E-state index in [1.54, 1.807) is 0 Å². The van der Waals surface area contributed by atoms with E-state index in [4.69, 9.17) is 0 Å². The smallest absolute Gasteiger partial charge is 0.132 e. The minimum Gasteiger partial charge on any atom is -0.308 e. The Labute approximate surface area is 121 Å². The standard InChI is InChI=1S/C17H23N3/c1-13-7-5-6-8-15(13)9-16-18-10-14(11-19-16)12-20-17(2,3)4/h5-8,10-11,20H,9,12H2,1-4H3. The van der Waals surface area contributed by atoms with Gasteiger partial charge in [-0.05, 0) is 38.8 Å². The van der Waals surface area contributed by atoms with Crippen molar-refractivity contribution in [1.82, 2.24) is 15.3 Å². The molecule has 0 fully saturated rings. The molecule has 0 aliphatic heterocycles. The van der Waals surface area contributed by atoms with Crippen LogP contribution in [-0.2, 0) is 13.0 Å². The molecule has 0 spiro atoms. The number of hydrogen-bond donors (Lipinski definition) is 1. The second-order valence-corrected chi connectivity index (χ2v) is 6.21. The largest absolute Gasteiger partial charge is 0.308 e. The van der Waals surface area contributed by atoms with Gasteiger partial charge in [0.25, 0.3) is 0 Å². The first-order valence-corrected chi connectivity index (χ1v) is 7.03. The minimum absolute atomic E-state index is 0.111. The van der Waals surface area contributed by atoms with Crippen LogP contribution in [0.1, 0.15) is 43.3 Å². The van der Waals surface area contributed by atoms with Gasteiger partial charge < -0.3 is 5.32 Å². The van der Waals surface area contributed by atoms with Gasteiger partial charge in [-0.2, -0.15) is 0 Å². The third-order valence-electron chi connectivity index (χ3n) is 3.19. The Morgan fingerprint density at radius 1 is 1.05 bits per heavy atom. The zero-order valence-electron chi connectivity index (χ0n) is 12.8. The average Bonchev–Trinajstić information content (AvgIpc) is 2.40. The SMILES string of the molecule is Cc1ccccc1Cc1ncc(CNC(C)(C)C)cn1. The molecule has 0 aliphatic rings. The molecule has 0 bridgehead atoms. The lowest BCUT2D eigenvalue weighted by atomic mass is 10.1. The molecule has 0 aliphatic carbocycles. The Bertz CT molecular complexity index is 553. The summed E-state index contributed by atoms with van der Waals surface area (Å²) in [5.41, 5.74) is 3.80. The van der Waals surface area contributed by atoms with Crippen LogP contribution in [-0.4, -0.2) is 15.5 Å². The third-order valence-corrected chi connectivity index (χ3v) is 3.19. The number of nitrogens with one attached hydrogen (secondary N) is 1. The quantitative estimate of drug-likeness (QED) is 0.925. The maximum absolute atomic E-state index is 4.46. The van der Waals surface area contributed by atoms with E-state index >= 15 is 0 Å². The Morgan fingerprint density at radius 3 is 2.30 bits per heavy atom. The van der Waals surface area contributed by atoms with Crippen molar-refractivity contribution in [3.05, 3.63) is 59.2 Å². The summed E-state index contributed by atoms with van der Waals surface area (Å²) in [6, 6.07) is 8.37. The van der Waals surface area contributed by atoms with Crippen molar-refractivity contribution in [3.8, 4) is 0 Å². The first-order chi connectivity index (χ1) is 9.44. The van der Waals surface area contributed by atoms with E-state index in [0.29, 0.717) is 0 Å². The van der Waals surface area contributed by atoms with E-state index in [1.165, 1.54) is 11.1 Å². The molecule has 0 unspecified atom stereocenters. The van der Waals surface area contributed by atoms with Crippen molar-refractivity contribution in [1.29, 1.82) is 0 Å². The van der Waals surface area contributed by atoms with E-state index in [9.17, 15) is 0 Å². The maximum Gasteiger partial charge on any atom is 0.132 e. The molecule has 1 aromatic carbocycles. The fourth-order valence-corrected chi connectivity index (χ4v) is 1.91. The van der Waals surface area contributed by atoms with Gasteiger partial charge in [0.15, 0.2) is 0 Å². The molecule has 1 aromatic heterocycles. The summed E-state index contributed by atoms with van der Waals surface area (Å²) in [6.07, 6.45) is 4.62. The number of aromatic nitrogens is 2. The molecule has 0 saturated heterocycles. The molecule has 20 heavy (non-hydrogen) atoms. The molecule has 0 atom stereocenters. The lowest BCUT2D eigenvalue weighted by Gasteiger charge is -2.20. The van der Waals surface area contributed by atoms with Crippen LogP contribution >= 0.6 is 0 Å². The van der Waals surface area contributed by atoms with E-state index in [2.05, 4.69) is 67.2 Å². The lowest BCUT2D eigenvalue weighted by molar-refractivity contribution is 0.423. The van der Waals surface area contributed by atoms with Crippen molar-refractivity contribution in [2.24, 2.45) is 0 Å². The number of benzene rings is 1. The van der Waals surface area contributed by atoms with E-state index in [-0.39, 0.29) is 5.54 Å². The van der Waals surface area contributed by atoms with Crippen LogP contribution in [0, 0.1) is 6.92 Å². The highest BCUT2D eigenvalue weighted by atomic mass is 15.0. The van der Waals surface area contributed by atoms with Gasteiger partial charge in [0.1, 0.15) is 5.82 Å². The fraction of sp³-hybridized carbons (Fsp3) is 0.412. The highest BCUT2D eigenvalue weighted by Crippen LogP contribution is 2.11. The highest BCUT2D eigenvalue weighted by molar-refractivity contribution is 5.28. The van der Waals surface area contributed by atoms with Gasteiger partial charge in [-0.3, -0.25) is 0 Å². The molecule has 2 rings (SSSR count). The highest BCUT2D eigenvalue weighted by Gasteiger charge is 2.09. The normalized spacial score (nSPS) is 11.6. The molecular formula is C17H23N3. The summed E-state index contributed by atoms with van der Waals surface area (Å²) in [4.78, 5) is 8.93. The molecule has 3 heteroatoms. The molecule has 106 valence electrons. The third kappa shape index (κ3) is 4.42. The van der Waals surface area contributed by atoms with Crippen molar-refractivity contribution < 1.29 is 0 Å². The summed E-state index contributed by atoms with van der Waals surface area (Å²) in [7, 11) is 0. The van der Waals surface area contributed by atoms with Crippen molar-refractivity contribution in [3.63, 3.8) is 0 Å². The van der Waals surface area contributed by atoms with Gasteiger partial charge in [0, 0.05) is 36.5 Å². The fourth-order valence-electron chi connectivity index (χ4n) is 1.91. The summed E-state index contributed by atoms with van der Waals surface area (Å²) < 4.78 is 0. The predicted octanol–water partition coefficient (Wildman–Crippen LogP) is 3.26. The van der Waals surface area contributed by atoms with Crippen LogP contribution in [0.25, 0.3) is 0 Å². The second kappa shape index (κ2) is 6.14. The van der Waals surface area contributed by atoms with Gasteiger partial charge >= 0.3 is 0 Å². The summed E-state index contributed by atoms with van der Waals surface area (Å²) in [6.45, 7) is 9.38. The summed E-state index contributed by atoms with van der Waals surface area (Å²) in [5, 5.41) is 3.44. The van der Waals surface area contributed by atoms with Crippen LogP contribution < -0.4 is 5.32 Å². The molecule has 0 radical (unpaired) electrons. The van der Waals surface area contributed by atoms with Crippen LogP contribution in [0.2, 0.25) is 0 Å². The zero-order valence-corrected chi connectivity index (χ0v) is 12.8. The lowest BCUT2D eigenvalue weighted by Crippen LogP contribution is -2.35. The number of hydrogen-bond acceptors (Lipinski definition) is 3. The van der Waals surface area contributed by atoms with Gasteiger partial charge in [-0.25, -0.2) is 9.97 Å². The maximum atomic E-state index is 4.46. The average molecular weight is 269 g/mol. The van der Waals surface area contributed by atoms with Crippen molar-refractivity contribution in [2.75, 3.05) is 0 Å². The molecular weight excluding hydrogens is 246 g/mol. The van der Waals surface area contributed by atoms with E-state index in [1.807, 2.05) is 12.4 Å². The molecule has 3 nitrogen and oxygen atoms in total. The first kappa shape index (κ1) is 14.7. The Balaban J connectivity index is 2.00. The Morgan fingerprint density at radius 2 is 1.70 bits per heavy atom. The van der Waals surface area contributed by atoms with Crippen molar-refractivity contribution in [2.45, 2.75) is 46.2 Å². The molecule has 1 N–H and O–H groups in total. The Hall–Kier alpha value is -1.74. The van der Waals surface area contributed by atoms with Gasteiger partial charge in [0.05, 0.1) is 0 Å². The predicted molar refractivity (Wildman–Crippen MR) is 82.6 cm³/mol. The van der Waals surface area contributed by atoms with Crippen LogP contribution in [0.5, 0.6) is 0 Å². The van der Waals surface area contributed by atoms with Gasteiger partial charge in [0.2, 0.25) is 0 Å². The summed E-state index contributed by atoms with van der Waals surface area (Å²) >= 11 is 0. The minimum atomic E-state index is 0.111. The second-order valence-electron chi connectivity index (χ2n) is 6.21.